The van der Waals surface area contributed by atoms with E-state index < -0.39 is 0 Å². The van der Waals surface area contributed by atoms with Crippen molar-refractivity contribution < 1.29 is 4.79 Å². The van der Waals surface area contributed by atoms with Crippen molar-refractivity contribution in [2.24, 2.45) is 0 Å². The quantitative estimate of drug-likeness (QED) is 0.543. The number of amides is 1. The Kier molecular flexibility index (Phi) is 6.13. The van der Waals surface area contributed by atoms with E-state index in [-0.39, 0.29) is 11.2 Å². The molecule has 2 nitrogen and oxygen atoms in total. The van der Waals surface area contributed by atoms with Crippen LogP contribution in [0.2, 0.25) is 0 Å². The number of hydrogen-bond acceptors (Lipinski definition) is 2. The molecule has 3 heteroatoms. The largest absolute Gasteiger partial charge is 0.324 e. The molecule has 1 unspecified atom stereocenters. The van der Waals surface area contributed by atoms with Gasteiger partial charge in [-0.05, 0) is 42.2 Å². The van der Waals surface area contributed by atoms with E-state index in [4.69, 9.17) is 0 Å². The van der Waals surface area contributed by atoms with E-state index in [1.807, 2.05) is 79.7 Å². The summed E-state index contributed by atoms with van der Waals surface area (Å²) in [5, 5.41) is 2.89. The van der Waals surface area contributed by atoms with E-state index in [0.717, 1.165) is 33.7 Å². The molecule has 3 aromatic rings. The third kappa shape index (κ3) is 4.36. The minimum Gasteiger partial charge on any atom is -0.324 e. The molecule has 0 saturated heterocycles. The molecular weight excluding hydrogens is 338 g/mol. The lowest BCUT2D eigenvalue weighted by Crippen LogP contribution is -2.20. The predicted octanol–water partition coefficient (Wildman–Crippen LogP) is 6.03. The van der Waals surface area contributed by atoms with Crippen LogP contribution < -0.4 is 5.32 Å². The van der Waals surface area contributed by atoms with Gasteiger partial charge in [0, 0.05) is 10.6 Å². The molecule has 0 aromatic heterocycles. The highest BCUT2D eigenvalue weighted by Gasteiger charge is 2.23. The highest BCUT2D eigenvalue weighted by molar-refractivity contribution is 8.00. The minimum atomic E-state index is -0.303. The van der Waals surface area contributed by atoms with E-state index in [1.54, 1.807) is 11.8 Å². The molecule has 1 amide bonds. The molecule has 0 heterocycles. The average Bonchev–Trinajstić information content (AvgIpc) is 2.69. The van der Waals surface area contributed by atoms with Gasteiger partial charge in [0.05, 0.1) is 0 Å². The Bertz CT molecular complexity index is 862. The summed E-state index contributed by atoms with van der Waals surface area (Å²) in [6.45, 7) is 4.15. The van der Waals surface area contributed by atoms with Gasteiger partial charge in [0.25, 0.3) is 0 Å². The molecule has 0 aliphatic heterocycles. The highest BCUT2D eigenvalue weighted by atomic mass is 32.2. The van der Waals surface area contributed by atoms with Gasteiger partial charge in [0.15, 0.2) is 0 Å². The Morgan fingerprint density at radius 1 is 0.923 bits per heavy atom. The summed E-state index contributed by atoms with van der Waals surface area (Å²) in [6, 6.07) is 26.2. The molecular formula is C23H23NOS. The zero-order valence-corrected chi connectivity index (χ0v) is 15.9. The minimum absolute atomic E-state index is 0.00838. The first-order valence-corrected chi connectivity index (χ1v) is 9.73. The molecule has 0 saturated carbocycles. The maximum Gasteiger partial charge on any atom is 0.242 e. The van der Waals surface area contributed by atoms with Crippen molar-refractivity contribution in [3.63, 3.8) is 0 Å². The van der Waals surface area contributed by atoms with Crippen LogP contribution in [0.25, 0.3) is 0 Å². The first-order valence-electron chi connectivity index (χ1n) is 8.85. The van der Waals surface area contributed by atoms with Crippen molar-refractivity contribution in [3.05, 3.63) is 95.6 Å². The van der Waals surface area contributed by atoms with Crippen molar-refractivity contribution in [2.45, 2.75) is 30.4 Å². The predicted molar refractivity (Wildman–Crippen MR) is 111 cm³/mol. The summed E-state index contributed by atoms with van der Waals surface area (Å²) in [6.07, 6.45) is 0.888. The Hall–Kier alpha value is -2.52. The molecule has 0 fully saturated rings. The van der Waals surface area contributed by atoms with Crippen LogP contribution in [0.1, 0.15) is 28.9 Å². The maximum absolute atomic E-state index is 13.2. The Morgan fingerprint density at radius 2 is 1.58 bits per heavy atom. The maximum atomic E-state index is 13.2. The van der Waals surface area contributed by atoms with Crippen molar-refractivity contribution in [1.82, 2.24) is 0 Å². The SMILES string of the molecule is CCc1cccc(C)c1NC(=O)C(Sc1ccccc1)c1ccccc1. The fourth-order valence-electron chi connectivity index (χ4n) is 2.93. The van der Waals surface area contributed by atoms with Crippen LogP contribution in [-0.2, 0) is 11.2 Å². The number of nitrogens with one attached hydrogen (secondary N) is 1. The molecule has 132 valence electrons. The average molecular weight is 362 g/mol. The van der Waals surface area contributed by atoms with Gasteiger partial charge in [-0.2, -0.15) is 0 Å². The van der Waals surface area contributed by atoms with E-state index in [2.05, 4.69) is 18.3 Å². The van der Waals surface area contributed by atoms with Gasteiger partial charge in [0.1, 0.15) is 5.25 Å². The first-order chi connectivity index (χ1) is 12.7. The van der Waals surface area contributed by atoms with Crippen molar-refractivity contribution in [3.8, 4) is 0 Å². The summed E-state index contributed by atoms with van der Waals surface area (Å²) in [5.74, 6) is 0.00838. The number of hydrogen-bond donors (Lipinski definition) is 1. The lowest BCUT2D eigenvalue weighted by atomic mass is 10.1. The van der Waals surface area contributed by atoms with E-state index in [9.17, 15) is 4.79 Å². The van der Waals surface area contributed by atoms with Gasteiger partial charge in [-0.1, -0.05) is 73.7 Å². The molecule has 1 atom stereocenters. The van der Waals surface area contributed by atoms with Crippen LogP contribution in [-0.4, -0.2) is 5.91 Å². The number of anilines is 1. The second-order valence-corrected chi connectivity index (χ2v) is 7.35. The van der Waals surface area contributed by atoms with Crippen molar-refractivity contribution >= 4 is 23.4 Å². The van der Waals surface area contributed by atoms with Crippen molar-refractivity contribution in [1.29, 1.82) is 0 Å². The van der Waals surface area contributed by atoms with Gasteiger partial charge in [-0.15, -0.1) is 11.8 Å². The smallest absolute Gasteiger partial charge is 0.242 e. The van der Waals surface area contributed by atoms with Gasteiger partial charge < -0.3 is 5.32 Å². The van der Waals surface area contributed by atoms with E-state index in [1.165, 1.54) is 0 Å². The highest BCUT2D eigenvalue weighted by Crippen LogP contribution is 2.36. The van der Waals surface area contributed by atoms with Crippen molar-refractivity contribution in [2.75, 3.05) is 5.32 Å². The number of benzene rings is 3. The normalized spacial score (nSPS) is 11.8. The second-order valence-electron chi connectivity index (χ2n) is 6.17. The number of aryl methyl sites for hydroxylation is 2. The molecule has 3 rings (SSSR count). The zero-order valence-electron chi connectivity index (χ0n) is 15.1. The third-order valence-corrected chi connectivity index (χ3v) is 5.59. The fourth-order valence-corrected chi connectivity index (χ4v) is 3.97. The number of rotatable bonds is 6. The van der Waals surface area contributed by atoms with Crippen LogP contribution in [0, 0.1) is 6.92 Å². The van der Waals surface area contributed by atoms with Crippen LogP contribution in [0.3, 0.4) is 0 Å². The summed E-state index contributed by atoms with van der Waals surface area (Å²) < 4.78 is 0. The van der Waals surface area contributed by atoms with Gasteiger partial charge in [-0.25, -0.2) is 0 Å². The summed E-state index contributed by atoms with van der Waals surface area (Å²) >= 11 is 1.58. The molecule has 3 aromatic carbocycles. The lowest BCUT2D eigenvalue weighted by molar-refractivity contribution is -0.115. The number of carbonyl (C=O) groups is 1. The summed E-state index contributed by atoms with van der Waals surface area (Å²) in [4.78, 5) is 14.3. The summed E-state index contributed by atoms with van der Waals surface area (Å²) in [5.41, 5.74) is 4.20. The van der Waals surface area contributed by atoms with Gasteiger partial charge in [-0.3, -0.25) is 4.79 Å². The number of carbonyl (C=O) groups excluding carboxylic acids is 1. The third-order valence-electron chi connectivity index (χ3n) is 4.33. The van der Waals surface area contributed by atoms with Crippen LogP contribution in [0.5, 0.6) is 0 Å². The fraction of sp³-hybridized carbons (Fsp3) is 0.174. The van der Waals surface area contributed by atoms with Gasteiger partial charge in [0.2, 0.25) is 5.91 Å². The van der Waals surface area contributed by atoms with Gasteiger partial charge >= 0.3 is 0 Å². The Balaban J connectivity index is 1.91. The molecule has 0 bridgehead atoms. The van der Waals surface area contributed by atoms with Crippen LogP contribution in [0.4, 0.5) is 5.69 Å². The van der Waals surface area contributed by atoms with Crippen LogP contribution in [0.15, 0.2) is 83.8 Å². The molecule has 0 aliphatic rings. The molecule has 0 radical (unpaired) electrons. The number of thioether (sulfide) groups is 1. The standard InChI is InChI=1S/C23H23NOS/c1-3-18-14-10-11-17(2)21(18)24-23(25)22(19-12-6-4-7-13-19)26-20-15-8-5-9-16-20/h4-16,22H,3H2,1-2H3,(H,24,25). The molecule has 0 spiro atoms. The monoisotopic (exact) mass is 361 g/mol. The summed E-state index contributed by atoms with van der Waals surface area (Å²) in [7, 11) is 0. The van der Waals surface area contributed by atoms with Crippen LogP contribution >= 0.6 is 11.8 Å². The zero-order chi connectivity index (χ0) is 18.4. The number of para-hydroxylation sites is 1. The Labute approximate surface area is 159 Å². The lowest BCUT2D eigenvalue weighted by Gasteiger charge is -2.19. The van der Waals surface area contributed by atoms with E-state index in [0.29, 0.717) is 0 Å². The Morgan fingerprint density at radius 3 is 2.23 bits per heavy atom. The topological polar surface area (TPSA) is 29.1 Å². The first kappa shape index (κ1) is 18.3. The molecule has 0 aliphatic carbocycles. The molecule has 1 N–H and O–H groups in total. The van der Waals surface area contributed by atoms with E-state index >= 15 is 0 Å². The molecule has 26 heavy (non-hydrogen) atoms. The second kappa shape index (κ2) is 8.72.